The normalized spacial score (nSPS) is 14.3. The first-order valence-corrected chi connectivity index (χ1v) is 24.3. The Kier molecular flexibility index (Phi) is 18.0. The van der Waals surface area contributed by atoms with Crippen LogP contribution in [0.4, 0.5) is 17.1 Å². The third-order valence-electron chi connectivity index (χ3n) is 11.0. The summed E-state index contributed by atoms with van der Waals surface area (Å²) in [6, 6.07) is 35.5. The van der Waals surface area contributed by atoms with E-state index in [0.29, 0.717) is 19.7 Å². The van der Waals surface area contributed by atoms with Gasteiger partial charge in [-0.15, -0.1) is 0 Å². The smallest absolute Gasteiger partial charge is 0.294 e. The molecule has 5 aromatic rings. The van der Waals surface area contributed by atoms with Crippen molar-refractivity contribution in [1.82, 2.24) is 0 Å². The van der Waals surface area contributed by atoms with Gasteiger partial charge in [0.25, 0.3) is 10.1 Å². The van der Waals surface area contributed by atoms with Crippen LogP contribution in [0.2, 0.25) is 0 Å². The summed E-state index contributed by atoms with van der Waals surface area (Å²) in [5.41, 5.74) is 11.7. The van der Waals surface area contributed by atoms with Crippen LogP contribution in [0.3, 0.4) is 0 Å². The molecule has 0 spiro atoms. The molecule has 0 unspecified atom stereocenters. The molecule has 13 heteroatoms. The van der Waals surface area contributed by atoms with Crippen LogP contribution in [-0.4, -0.2) is 85.5 Å². The van der Waals surface area contributed by atoms with Crippen molar-refractivity contribution in [2.24, 2.45) is 0 Å². The van der Waals surface area contributed by atoms with Gasteiger partial charge in [-0.3, -0.25) is 4.55 Å². The van der Waals surface area contributed by atoms with Crippen LogP contribution in [0.1, 0.15) is 81.2 Å². The van der Waals surface area contributed by atoms with Gasteiger partial charge >= 0.3 is 0 Å². The predicted molar refractivity (Wildman–Crippen MR) is 259 cm³/mol. The van der Waals surface area contributed by atoms with Gasteiger partial charge in [0.2, 0.25) is 0 Å². The van der Waals surface area contributed by atoms with E-state index in [1.165, 1.54) is 24.3 Å². The molecule has 6 rings (SSSR count). The van der Waals surface area contributed by atoms with Crippen LogP contribution in [0, 0.1) is 6.92 Å². The van der Waals surface area contributed by atoms with Gasteiger partial charge in [-0.1, -0.05) is 69.2 Å². The fourth-order valence-electron chi connectivity index (χ4n) is 7.74. The number of unbranched alkanes of at least 4 members (excludes halogenated alkanes) is 2. The Bertz CT molecular complexity index is 2760. The maximum atomic E-state index is 12.0. The Labute approximate surface area is 401 Å². The minimum Gasteiger partial charge on any atom is -0.744 e. The molecule has 0 aliphatic heterocycles. The molecule has 331 valence electrons. The number of hydrogen-bond acceptors (Lipinski definition) is 8. The number of allylic oxidation sites excluding steroid dienone is 5. The molecular weight excluding hydrogens is 854 g/mol. The SMILES string of the molecule is CCCCN(Cc1cccc(S(=O)(=O)[O-])c1)c1ccc(C(=C2C=CC(=[N+](CCCC)Cc3cccc(S(=O)(=O)O)c3)C=C2C)c2ccc(Nc3ccc(OCC)cc3)cc2)c(C)c1.[Na]. The molecule has 0 amide bonds. The number of anilines is 3. The molecule has 0 saturated heterocycles. The van der Waals surface area contributed by atoms with Gasteiger partial charge in [-0.2, -0.15) is 8.42 Å². The van der Waals surface area contributed by atoms with E-state index in [9.17, 15) is 25.9 Å². The van der Waals surface area contributed by atoms with Gasteiger partial charge in [0, 0.05) is 83.8 Å². The van der Waals surface area contributed by atoms with Crippen LogP contribution in [0.5, 0.6) is 5.75 Å². The molecule has 1 aliphatic rings. The van der Waals surface area contributed by atoms with E-state index < -0.39 is 20.2 Å². The molecule has 10 nitrogen and oxygen atoms in total. The summed E-state index contributed by atoms with van der Waals surface area (Å²) in [7, 11) is -8.93. The molecule has 0 heterocycles. The Hall–Kier alpha value is -4.79. The van der Waals surface area contributed by atoms with E-state index in [1.807, 2.05) is 43.3 Å². The van der Waals surface area contributed by atoms with Gasteiger partial charge in [0.1, 0.15) is 22.4 Å². The van der Waals surface area contributed by atoms with Crippen molar-refractivity contribution in [2.75, 3.05) is 29.9 Å². The van der Waals surface area contributed by atoms with E-state index in [2.05, 4.69) is 103 Å². The third kappa shape index (κ3) is 13.4. The topological polar surface area (TPSA) is 139 Å². The number of nitrogens with one attached hydrogen (secondary N) is 1. The number of benzene rings is 5. The zero-order chi connectivity index (χ0) is 45.1. The number of aryl methyl sites for hydroxylation is 1. The largest absolute Gasteiger partial charge is 0.744 e. The summed E-state index contributed by atoms with van der Waals surface area (Å²) < 4.78 is 77.1. The first kappa shape index (κ1) is 50.2. The van der Waals surface area contributed by atoms with Crippen LogP contribution in [0.25, 0.3) is 5.57 Å². The van der Waals surface area contributed by atoms with E-state index >= 15 is 0 Å². The molecule has 0 atom stereocenters. The number of nitrogens with zero attached hydrogens (tertiary/aromatic N) is 2. The van der Waals surface area contributed by atoms with Gasteiger partial charge in [0.05, 0.1) is 16.4 Å². The van der Waals surface area contributed by atoms with Crippen molar-refractivity contribution >= 4 is 78.1 Å². The van der Waals surface area contributed by atoms with Crippen molar-refractivity contribution in [3.8, 4) is 5.75 Å². The molecule has 0 aromatic heterocycles. The average molecular weight is 911 g/mol. The van der Waals surface area contributed by atoms with E-state index in [0.717, 1.165) is 112 Å². The predicted octanol–water partition coefficient (Wildman–Crippen LogP) is 10.5. The summed E-state index contributed by atoms with van der Waals surface area (Å²) in [6.45, 7) is 13.5. The zero-order valence-electron chi connectivity index (χ0n) is 37.7. The van der Waals surface area contributed by atoms with Crippen LogP contribution >= 0.6 is 0 Å². The molecule has 64 heavy (non-hydrogen) atoms. The Balaban J connectivity index is 0.00000771. The van der Waals surface area contributed by atoms with Crippen molar-refractivity contribution < 1.29 is 35.3 Å². The Morgan fingerprint density at radius 2 is 1.41 bits per heavy atom. The minimum absolute atomic E-state index is 0. The fraction of sp³-hybridized carbons (Fsp3) is 0.275. The fourth-order valence-corrected chi connectivity index (χ4v) is 8.83. The average Bonchev–Trinajstić information content (AvgIpc) is 3.26. The van der Waals surface area contributed by atoms with Crippen molar-refractivity contribution in [3.63, 3.8) is 0 Å². The minimum atomic E-state index is -4.59. The van der Waals surface area contributed by atoms with Crippen LogP contribution in [-0.2, 0) is 33.3 Å². The summed E-state index contributed by atoms with van der Waals surface area (Å²) >= 11 is 0. The summed E-state index contributed by atoms with van der Waals surface area (Å²) in [4.78, 5) is 1.87. The van der Waals surface area contributed by atoms with Crippen molar-refractivity contribution in [1.29, 1.82) is 0 Å². The summed E-state index contributed by atoms with van der Waals surface area (Å²) in [6.07, 6.45) is 10.3. The van der Waals surface area contributed by atoms with Gasteiger partial charge in [-0.05, 0) is 145 Å². The summed E-state index contributed by atoms with van der Waals surface area (Å²) in [5, 5.41) is 3.50. The van der Waals surface area contributed by atoms with Gasteiger partial charge < -0.3 is 19.5 Å². The molecule has 1 aliphatic carbocycles. The van der Waals surface area contributed by atoms with Gasteiger partial charge in [0.15, 0.2) is 12.3 Å². The Morgan fingerprint density at radius 1 is 0.766 bits per heavy atom. The number of hydrogen-bond donors (Lipinski definition) is 2. The quantitative estimate of drug-likeness (QED) is 0.0471. The molecule has 2 N–H and O–H groups in total. The van der Waals surface area contributed by atoms with E-state index in [-0.39, 0.29) is 39.3 Å². The van der Waals surface area contributed by atoms with Crippen molar-refractivity contribution in [3.05, 3.63) is 172 Å². The standard InChI is InChI=1S/C51H57N3O7S2.Na/c1-6-9-29-53(35-39-13-11-15-47(33-39)62(55,56)57)44-23-27-49(37(4)31-44)51(41-17-19-42(20-18-41)52-43-21-25-46(26-22-43)61-8-3)50-28-24-45(32-38(50)5)54(30-10-7-2)36-40-14-12-16-48(34-40)63(58,59)60;/h11-28,31-34H,6-10,29-30,35-36H2,1-5H3,(H2,55,56,57,58,59,60);. The van der Waals surface area contributed by atoms with Gasteiger partial charge in [-0.25, -0.2) is 13.0 Å². The maximum Gasteiger partial charge on any atom is 0.294 e. The second-order valence-corrected chi connectivity index (χ2v) is 18.6. The second-order valence-electron chi connectivity index (χ2n) is 15.8. The van der Waals surface area contributed by atoms with Crippen molar-refractivity contribution in [2.45, 2.75) is 83.2 Å². The first-order valence-electron chi connectivity index (χ1n) is 21.5. The number of rotatable bonds is 19. The molecule has 5 aromatic carbocycles. The van der Waals surface area contributed by atoms with E-state index in [1.54, 1.807) is 12.1 Å². The molecule has 0 bridgehead atoms. The maximum absolute atomic E-state index is 12.0. The van der Waals surface area contributed by atoms with Crippen LogP contribution in [0.15, 0.2) is 154 Å². The monoisotopic (exact) mass is 910 g/mol. The molecule has 0 saturated carbocycles. The zero-order valence-corrected chi connectivity index (χ0v) is 41.3. The Morgan fingerprint density at radius 3 is 2.02 bits per heavy atom. The molecule has 0 fully saturated rings. The molecule has 1 radical (unpaired) electrons. The van der Waals surface area contributed by atoms with Crippen LogP contribution < -0.4 is 15.0 Å². The first-order chi connectivity index (χ1) is 30.2. The molecular formula is C51H57N3NaO7S2. The second kappa shape index (κ2) is 22.9. The summed E-state index contributed by atoms with van der Waals surface area (Å²) in [5.74, 6) is 0.817. The van der Waals surface area contributed by atoms with E-state index in [4.69, 9.17) is 4.74 Å². The third-order valence-corrected chi connectivity index (χ3v) is 12.7. The number of ether oxygens (including phenoxy) is 1.